The molecule has 0 radical (unpaired) electrons. The fraction of sp³-hybridized carbons (Fsp3) is 0.231. The highest BCUT2D eigenvalue weighted by molar-refractivity contribution is 5.82. The number of nitrogens with zero attached hydrogens (tertiary/aromatic N) is 1. The third-order valence-corrected chi connectivity index (χ3v) is 2.99. The van der Waals surface area contributed by atoms with Gasteiger partial charge in [0.2, 0.25) is 5.43 Å². The first-order valence-electron chi connectivity index (χ1n) is 5.79. The topological polar surface area (TPSA) is 68.5 Å². The fourth-order valence-electron chi connectivity index (χ4n) is 1.97. The number of benzene rings is 1. The number of carbonyl (C=O) groups is 1. The van der Waals surface area contributed by atoms with Gasteiger partial charge in [0.25, 0.3) is 0 Å². The molecule has 0 bridgehead atoms. The molecule has 106 valence electrons. The fourth-order valence-corrected chi connectivity index (χ4v) is 1.97. The van der Waals surface area contributed by atoms with Crippen LogP contribution in [0.3, 0.4) is 0 Å². The van der Waals surface area contributed by atoms with E-state index in [0.717, 1.165) is 12.3 Å². The van der Waals surface area contributed by atoms with Gasteiger partial charge in [0.05, 0.1) is 17.1 Å². The van der Waals surface area contributed by atoms with Crippen LogP contribution < -0.4 is 10.2 Å². The van der Waals surface area contributed by atoms with Crippen LogP contribution in [0.2, 0.25) is 0 Å². The number of ether oxygens (including phenoxy) is 1. The predicted molar refractivity (Wildman–Crippen MR) is 67.2 cm³/mol. The maximum Gasteiger partial charge on any atom is 0.511 e. The third kappa shape index (κ3) is 2.11. The van der Waals surface area contributed by atoms with E-state index in [1.54, 1.807) is 6.92 Å². The summed E-state index contributed by atoms with van der Waals surface area (Å²) in [4.78, 5) is 22.5. The number of hydrogen-bond acceptors (Lipinski definition) is 3. The van der Waals surface area contributed by atoms with E-state index in [9.17, 15) is 18.4 Å². The zero-order chi connectivity index (χ0) is 15.0. The summed E-state index contributed by atoms with van der Waals surface area (Å²) >= 11 is 0. The van der Waals surface area contributed by atoms with Crippen molar-refractivity contribution in [2.24, 2.45) is 0 Å². The highest BCUT2D eigenvalue weighted by Gasteiger charge is 2.18. The number of rotatable bonds is 2. The Bertz CT molecular complexity index is 767. The van der Waals surface area contributed by atoms with Gasteiger partial charge in [0, 0.05) is 12.1 Å². The molecule has 0 saturated heterocycles. The number of fused-ring (bicyclic) bond motifs is 1. The molecule has 0 amide bonds. The first-order valence-corrected chi connectivity index (χ1v) is 5.79. The predicted octanol–water partition coefficient (Wildman–Crippen LogP) is 2.66. The first-order chi connectivity index (χ1) is 9.36. The smallest absolute Gasteiger partial charge is 0.449 e. The molecular formula is C13H11F2NO4. The number of halogens is 2. The van der Waals surface area contributed by atoms with E-state index in [-0.39, 0.29) is 23.0 Å². The van der Waals surface area contributed by atoms with E-state index < -0.39 is 29.0 Å². The molecule has 20 heavy (non-hydrogen) atoms. The molecule has 2 aromatic rings. The Balaban J connectivity index is 2.93. The lowest BCUT2D eigenvalue weighted by Gasteiger charge is -2.13. The molecule has 0 fully saturated rings. The summed E-state index contributed by atoms with van der Waals surface area (Å²) in [5.41, 5.74) is -1.15. The maximum absolute atomic E-state index is 14.1. The molecule has 0 aliphatic heterocycles. The van der Waals surface area contributed by atoms with Crippen LogP contribution in [0, 0.1) is 18.6 Å². The SMILES string of the molecule is CCn1cc(OC(=O)O)c(=O)c2cc(F)c(C)c(F)c21. The van der Waals surface area contributed by atoms with Crippen molar-refractivity contribution in [1.29, 1.82) is 0 Å². The summed E-state index contributed by atoms with van der Waals surface area (Å²) in [6.07, 6.45) is -0.573. The van der Waals surface area contributed by atoms with Gasteiger partial charge in [0.15, 0.2) is 11.6 Å². The van der Waals surface area contributed by atoms with E-state index in [1.807, 2.05) is 0 Å². The molecule has 0 unspecified atom stereocenters. The Morgan fingerprint density at radius 2 is 2.10 bits per heavy atom. The molecule has 0 atom stereocenters. The van der Waals surface area contributed by atoms with Crippen molar-refractivity contribution in [3.05, 3.63) is 39.7 Å². The minimum atomic E-state index is -1.67. The van der Waals surface area contributed by atoms with E-state index >= 15 is 0 Å². The quantitative estimate of drug-likeness (QED) is 0.860. The Kier molecular flexibility index (Phi) is 3.44. The second-order valence-corrected chi connectivity index (χ2v) is 4.17. The molecule has 7 heteroatoms. The minimum Gasteiger partial charge on any atom is -0.449 e. The van der Waals surface area contributed by atoms with Gasteiger partial charge in [-0.2, -0.15) is 0 Å². The largest absolute Gasteiger partial charge is 0.511 e. The van der Waals surface area contributed by atoms with Crippen molar-refractivity contribution in [3.8, 4) is 5.75 Å². The summed E-state index contributed by atoms with van der Waals surface area (Å²) in [7, 11) is 0. The van der Waals surface area contributed by atoms with Crippen LogP contribution in [0.1, 0.15) is 12.5 Å². The van der Waals surface area contributed by atoms with Gasteiger partial charge < -0.3 is 14.4 Å². The van der Waals surface area contributed by atoms with Crippen LogP contribution in [0.4, 0.5) is 13.6 Å². The second kappa shape index (κ2) is 4.92. The Morgan fingerprint density at radius 1 is 1.45 bits per heavy atom. The van der Waals surface area contributed by atoms with E-state index in [4.69, 9.17) is 5.11 Å². The van der Waals surface area contributed by atoms with Gasteiger partial charge in [-0.25, -0.2) is 13.6 Å². The van der Waals surface area contributed by atoms with Crippen molar-refractivity contribution in [2.75, 3.05) is 0 Å². The standard InChI is InChI=1S/C13H11F2NO4/c1-3-16-5-9(20-13(18)19)12(17)7-4-8(14)6(2)10(15)11(7)16/h4-5H,3H2,1-2H3,(H,18,19). The van der Waals surface area contributed by atoms with Gasteiger partial charge in [-0.15, -0.1) is 0 Å². The van der Waals surface area contributed by atoms with Gasteiger partial charge >= 0.3 is 6.16 Å². The highest BCUT2D eigenvalue weighted by atomic mass is 19.1. The van der Waals surface area contributed by atoms with Crippen LogP contribution >= 0.6 is 0 Å². The average Bonchev–Trinajstić information content (AvgIpc) is 2.39. The second-order valence-electron chi connectivity index (χ2n) is 4.17. The lowest BCUT2D eigenvalue weighted by molar-refractivity contribution is 0.144. The number of carboxylic acid groups (broad SMARTS) is 1. The number of hydrogen-bond donors (Lipinski definition) is 1. The zero-order valence-corrected chi connectivity index (χ0v) is 10.7. The van der Waals surface area contributed by atoms with E-state index in [1.165, 1.54) is 11.5 Å². The van der Waals surface area contributed by atoms with Crippen LogP contribution in [-0.4, -0.2) is 15.8 Å². The first kappa shape index (κ1) is 14.0. The molecule has 5 nitrogen and oxygen atoms in total. The lowest BCUT2D eigenvalue weighted by atomic mass is 10.1. The molecule has 1 aromatic carbocycles. The number of pyridine rings is 1. The van der Waals surface area contributed by atoms with Crippen molar-refractivity contribution in [3.63, 3.8) is 0 Å². The summed E-state index contributed by atoms with van der Waals surface area (Å²) in [5, 5.41) is 8.30. The van der Waals surface area contributed by atoms with E-state index in [2.05, 4.69) is 4.74 Å². The molecule has 0 aliphatic carbocycles. The molecule has 0 saturated carbocycles. The molecule has 0 spiro atoms. The molecule has 1 N–H and O–H groups in total. The summed E-state index contributed by atoms with van der Waals surface area (Å²) in [5.74, 6) is -2.21. The molecule has 2 rings (SSSR count). The van der Waals surface area contributed by atoms with Gasteiger partial charge in [-0.3, -0.25) is 4.79 Å². The van der Waals surface area contributed by atoms with Crippen LogP contribution in [-0.2, 0) is 6.54 Å². The van der Waals surface area contributed by atoms with Gasteiger partial charge in [-0.05, 0) is 19.9 Å². The van der Waals surface area contributed by atoms with Crippen molar-refractivity contribution < 1.29 is 23.4 Å². The van der Waals surface area contributed by atoms with Crippen molar-refractivity contribution in [2.45, 2.75) is 20.4 Å². The molecule has 1 aromatic heterocycles. The van der Waals surface area contributed by atoms with Crippen molar-refractivity contribution in [1.82, 2.24) is 4.57 Å². The molecule has 1 heterocycles. The number of aromatic nitrogens is 1. The maximum atomic E-state index is 14.1. The Hall–Kier alpha value is -2.44. The normalized spacial score (nSPS) is 10.8. The third-order valence-electron chi connectivity index (χ3n) is 2.99. The minimum absolute atomic E-state index is 0.0749. The number of aryl methyl sites for hydroxylation is 1. The highest BCUT2D eigenvalue weighted by Crippen LogP contribution is 2.23. The summed E-state index contributed by atoms with van der Waals surface area (Å²) in [6.45, 7) is 3.19. The van der Waals surface area contributed by atoms with Gasteiger partial charge in [-0.1, -0.05) is 0 Å². The Morgan fingerprint density at radius 3 is 2.65 bits per heavy atom. The summed E-state index contributed by atoms with van der Waals surface area (Å²) in [6, 6.07) is 0.886. The lowest BCUT2D eigenvalue weighted by Crippen LogP contribution is -2.17. The van der Waals surface area contributed by atoms with Crippen LogP contribution in [0.5, 0.6) is 5.75 Å². The van der Waals surface area contributed by atoms with Gasteiger partial charge in [0.1, 0.15) is 5.82 Å². The van der Waals surface area contributed by atoms with Crippen LogP contribution in [0.25, 0.3) is 10.9 Å². The summed E-state index contributed by atoms with van der Waals surface area (Å²) < 4.78 is 33.3. The zero-order valence-electron chi connectivity index (χ0n) is 10.7. The monoisotopic (exact) mass is 283 g/mol. The van der Waals surface area contributed by atoms with Crippen molar-refractivity contribution >= 4 is 17.1 Å². The Labute approximate surface area is 112 Å². The van der Waals surface area contributed by atoms with E-state index in [0.29, 0.717) is 0 Å². The van der Waals surface area contributed by atoms with Crippen LogP contribution in [0.15, 0.2) is 17.1 Å². The average molecular weight is 283 g/mol. The molecular weight excluding hydrogens is 272 g/mol. The molecule has 0 aliphatic rings.